The van der Waals surface area contributed by atoms with E-state index in [0.717, 1.165) is 63.8 Å². The van der Waals surface area contributed by atoms with E-state index in [1.165, 1.54) is 0 Å². The predicted octanol–water partition coefficient (Wildman–Crippen LogP) is 10.9. The molecule has 4 heterocycles. The highest BCUT2D eigenvalue weighted by atomic mass is 32.1. The van der Waals surface area contributed by atoms with Crippen molar-refractivity contribution in [2.75, 3.05) is 5.32 Å². The lowest BCUT2D eigenvalue weighted by Gasteiger charge is -2.12. The van der Waals surface area contributed by atoms with E-state index in [2.05, 4.69) is 43.3 Å². The van der Waals surface area contributed by atoms with Crippen molar-refractivity contribution in [3.8, 4) is 10.6 Å². The van der Waals surface area contributed by atoms with Gasteiger partial charge in [0.25, 0.3) is 11.8 Å². The van der Waals surface area contributed by atoms with Crippen molar-refractivity contribution in [1.29, 1.82) is 0 Å². The van der Waals surface area contributed by atoms with Crippen LogP contribution in [0.15, 0.2) is 113 Å². The molecule has 0 saturated heterocycles. The number of carbonyl (C=O) groups is 2. The highest BCUT2D eigenvalue weighted by Crippen LogP contribution is 2.46. The number of rotatable bonds is 8. The third-order valence-electron chi connectivity index (χ3n) is 9.62. The zero-order valence-electron chi connectivity index (χ0n) is 31.3. The van der Waals surface area contributed by atoms with Gasteiger partial charge in [0.05, 0.1) is 31.6 Å². The minimum atomic E-state index is -0.262. The number of hydrogen-bond donors (Lipinski definition) is 3. The molecule has 2 amide bonds. The van der Waals surface area contributed by atoms with E-state index in [1.54, 1.807) is 22.7 Å². The summed E-state index contributed by atoms with van der Waals surface area (Å²) in [4.78, 5) is 51.6. The fourth-order valence-corrected chi connectivity index (χ4v) is 9.00. The highest BCUT2D eigenvalue weighted by molar-refractivity contribution is 7.21. The number of anilines is 1. The number of aromatic nitrogens is 3. The standard InChI is InChI=1S/C44H39N7O2S2/c1-23(2)33-35(43-45-29-19-11-13-21-31(29)54-43)39(50-41(52)27-17-9-7-15-25(27)5)48-37(33)47-38-34(24(3)4)36(44-46-30-20-12-14-22-32(30)55-44)40(49-38)51-42(53)28-18-10-8-16-26(28)6/h7-24,48H,1-6H3,(H,50,52)(H,47,49,51,53). The average molecular weight is 762 g/mol. The van der Waals surface area contributed by atoms with Crippen LogP contribution >= 0.6 is 22.7 Å². The average Bonchev–Trinajstić information content (AvgIpc) is 3.94. The van der Waals surface area contributed by atoms with Crippen molar-refractivity contribution in [1.82, 2.24) is 20.3 Å². The van der Waals surface area contributed by atoms with E-state index in [4.69, 9.17) is 20.0 Å². The number of benzene rings is 4. The summed E-state index contributed by atoms with van der Waals surface area (Å²) >= 11 is 3.12. The number of aromatic amines is 1. The summed E-state index contributed by atoms with van der Waals surface area (Å²) < 4.78 is 2.07. The first-order chi connectivity index (χ1) is 26.6. The third kappa shape index (κ3) is 6.81. The summed E-state index contributed by atoms with van der Waals surface area (Å²) in [6.07, 6.45) is 0. The summed E-state index contributed by atoms with van der Waals surface area (Å²) in [5.74, 6) is 1.34. The molecule has 7 aromatic rings. The van der Waals surface area contributed by atoms with Gasteiger partial charge < -0.3 is 15.6 Å². The molecule has 274 valence electrons. The molecule has 0 radical (unpaired) electrons. The normalized spacial score (nSPS) is 13.8. The summed E-state index contributed by atoms with van der Waals surface area (Å²) in [5, 5.41) is 7.83. The van der Waals surface area contributed by atoms with Gasteiger partial charge in [0, 0.05) is 22.3 Å². The van der Waals surface area contributed by atoms with Crippen LogP contribution in [-0.2, 0) is 0 Å². The number of nitrogens with one attached hydrogen (secondary N) is 3. The number of para-hydroxylation sites is 2. The number of amides is 2. The lowest BCUT2D eigenvalue weighted by Crippen LogP contribution is -2.31. The van der Waals surface area contributed by atoms with Gasteiger partial charge in [0.15, 0.2) is 5.84 Å². The van der Waals surface area contributed by atoms with E-state index >= 15 is 0 Å². The molecule has 0 spiro atoms. The Kier molecular flexibility index (Phi) is 9.58. The monoisotopic (exact) mass is 761 g/mol. The number of H-pyrrole nitrogens is 1. The molecule has 4 aromatic carbocycles. The number of nitrogens with zero attached hydrogens (tertiary/aromatic N) is 4. The fraction of sp³-hybridized carbons (Fsp3) is 0.182. The smallest absolute Gasteiger partial charge is 0.257 e. The van der Waals surface area contributed by atoms with Gasteiger partial charge in [-0.1, -0.05) is 88.4 Å². The van der Waals surface area contributed by atoms with Crippen LogP contribution in [0.1, 0.15) is 76.0 Å². The molecule has 0 unspecified atom stereocenters. The van der Waals surface area contributed by atoms with E-state index in [0.29, 0.717) is 34.4 Å². The molecule has 1 aliphatic heterocycles. The fourth-order valence-electron chi connectivity index (χ4n) is 6.94. The molecule has 0 fully saturated rings. The van der Waals surface area contributed by atoms with Gasteiger partial charge in [-0.15, -0.1) is 22.7 Å². The number of amidine groups is 2. The molecule has 1 aliphatic rings. The second-order valence-electron chi connectivity index (χ2n) is 14.1. The van der Waals surface area contributed by atoms with Crippen molar-refractivity contribution < 1.29 is 9.59 Å². The van der Waals surface area contributed by atoms with Gasteiger partial charge in [-0.05, 0) is 73.2 Å². The zero-order valence-corrected chi connectivity index (χ0v) is 32.9. The summed E-state index contributed by atoms with van der Waals surface area (Å²) in [7, 11) is 0. The van der Waals surface area contributed by atoms with E-state index in [9.17, 15) is 9.59 Å². The number of thiazole rings is 2. The maximum absolute atomic E-state index is 13.9. The number of hydrogen-bond acceptors (Lipinski definition) is 7. The Balaban J connectivity index is 1.33. The third-order valence-corrected chi connectivity index (χ3v) is 11.7. The molecular weight excluding hydrogens is 723 g/mol. The topological polar surface area (TPSA) is 124 Å². The summed E-state index contributed by atoms with van der Waals surface area (Å²) in [5.41, 5.74) is 7.89. The Bertz CT molecular complexity index is 2680. The van der Waals surface area contributed by atoms with Crippen LogP contribution in [0.4, 0.5) is 11.6 Å². The van der Waals surface area contributed by atoms with Gasteiger partial charge in [0.1, 0.15) is 27.5 Å². The first-order valence-electron chi connectivity index (χ1n) is 18.2. The molecule has 8 rings (SSSR count). The quantitative estimate of drug-likeness (QED) is 0.143. The van der Waals surface area contributed by atoms with Gasteiger partial charge in [-0.3, -0.25) is 9.59 Å². The predicted molar refractivity (Wildman–Crippen MR) is 227 cm³/mol. The van der Waals surface area contributed by atoms with Crippen molar-refractivity contribution in [2.24, 2.45) is 15.9 Å². The van der Waals surface area contributed by atoms with Crippen LogP contribution in [0.2, 0.25) is 0 Å². The minimum absolute atomic E-state index is 0.0254. The number of aryl methyl sites for hydroxylation is 2. The number of carbonyl (C=O) groups excluding carboxylic acids is 2. The lowest BCUT2D eigenvalue weighted by molar-refractivity contribution is 0.0975. The molecule has 0 aliphatic carbocycles. The Hall–Kier alpha value is -6.04. The molecule has 0 atom stereocenters. The van der Waals surface area contributed by atoms with Crippen molar-refractivity contribution in [3.05, 3.63) is 135 Å². The zero-order chi connectivity index (χ0) is 38.4. The lowest BCUT2D eigenvalue weighted by atomic mass is 9.97. The second kappa shape index (κ2) is 14.7. The van der Waals surface area contributed by atoms with Crippen molar-refractivity contribution in [2.45, 2.75) is 47.5 Å². The molecule has 9 nitrogen and oxygen atoms in total. The van der Waals surface area contributed by atoms with Crippen molar-refractivity contribution in [3.63, 3.8) is 0 Å². The van der Waals surface area contributed by atoms with Crippen LogP contribution < -0.4 is 10.6 Å². The van der Waals surface area contributed by atoms with E-state index in [1.807, 2.05) is 111 Å². The molecule has 3 aromatic heterocycles. The van der Waals surface area contributed by atoms with Gasteiger partial charge in [-0.25, -0.2) is 20.0 Å². The van der Waals surface area contributed by atoms with Crippen LogP contribution in [0.25, 0.3) is 36.6 Å². The molecule has 3 N–H and O–H groups in total. The van der Waals surface area contributed by atoms with E-state index < -0.39 is 0 Å². The van der Waals surface area contributed by atoms with Crippen LogP contribution in [0, 0.1) is 19.8 Å². The molecule has 0 bridgehead atoms. The summed E-state index contributed by atoms with van der Waals surface area (Å²) in [6.45, 7) is 12.2. The minimum Gasteiger partial charge on any atom is -0.326 e. The SMILES string of the molecule is Cc1ccccc1C(=O)NC1=NC(=Nc2[nH]c(NC(=O)c3ccccc3C)c(-c3nc4ccccc4s3)c2C(C)C)C(C(C)C)=C1c1nc2ccccc2s1. The van der Waals surface area contributed by atoms with Gasteiger partial charge in [0.2, 0.25) is 0 Å². The molecular formula is C44H39N7O2S2. The van der Waals surface area contributed by atoms with Crippen LogP contribution in [0.3, 0.4) is 0 Å². The maximum atomic E-state index is 13.9. The van der Waals surface area contributed by atoms with Crippen LogP contribution in [-0.4, -0.2) is 38.4 Å². The van der Waals surface area contributed by atoms with Crippen LogP contribution in [0.5, 0.6) is 0 Å². The largest absolute Gasteiger partial charge is 0.326 e. The Morgan fingerprint density at radius 3 is 1.76 bits per heavy atom. The first kappa shape index (κ1) is 36.0. The number of fused-ring (bicyclic) bond motifs is 2. The van der Waals surface area contributed by atoms with E-state index in [-0.39, 0.29) is 23.7 Å². The first-order valence-corrected chi connectivity index (χ1v) is 19.8. The Labute approximate surface area is 327 Å². The maximum Gasteiger partial charge on any atom is 0.257 e. The Morgan fingerprint density at radius 2 is 1.20 bits per heavy atom. The summed E-state index contributed by atoms with van der Waals surface area (Å²) in [6, 6.07) is 31.0. The van der Waals surface area contributed by atoms with Crippen molar-refractivity contribution >= 4 is 83.8 Å². The number of aliphatic imine (C=N–C) groups is 2. The molecule has 0 saturated carbocycles. The van der Waals surface area contributed by atoms with Gasteiger partial charge >= 0.3 is 0 Å². The second-order valence-corrected chi connectivity index (χ2v) is 16.2. The van der Waals surface area contributed by atoms with Gasteiger partial charge in [-0.2, -0.15) is 0 Å². The highest BCUT2D eigenvalue weighted by Gasteiger charge is 2.33. The molecule has 11 heteroatoms. The Morgan fingerprint density at radius 1 is 0.673 bits per heavy atom. The molecule has 55 heavy (non-hydrogen) atoms.